The average Bonchev–Trinajstić information content (AvgIpc) is 2.61. The van der Waals surface area contributed by atoms with Crippen molar-refractivity contribution >= 4 is 17.4 Å². The van der Waals surface area contributed by atoms with Crippen molar-refractivity contribution in [2.75, 3.05) is 5.73 Å². The molecule has 17 heavy (non-hydrogen) atoms. The maximum atomic E-state index is 8.82. The number of nitriles is 1. The van der Waals surface area contributed by atoms with Gasteiger partial charge in [0.25, 0.3) is 5.22 Å². The van der Waals surface area contributed by atoms with Gasteiger partial charge in [-0.3, -0.25) is 0 Å². The smallest absolute Gasteiger partial charge is 0.262 e. The van der Waals surface area contributed by atoms with Gasteiger partial charge < -0.3 is 10.2 Å². The van der Waals surface area contributed by atoms with Crippen molar-refractivity contribution < 1.29 is 4.42 Å². The van der Waals surface area contributed by atoms with Crippen molar-refractivity contribution in [3.8, 4) is 6.07 Å². The van der Waals surface area contributed by atoms with Gasteiger partial charge in [0.1, 0.15) is 16.9 Å². The fourth-order valence-corrected chi connectivity index (χ4v) is 1.98. The molecule has 0 aliphatic rings. The van der Waals surface area contributed by atoms with E-state index in [0.717, 1.165) is 11.5 Å². The number of hydrogen-bond acceptors (Lipinski definition) is 6. The normalized spacial score (nSPS) is 10.2. The molecule has 0 atom stereocenters. The molecular formula is C11H10N4OS. The molecule has 0 fully saturated rings. The molecule has 5 nitrogen and oxygen atoms in total. The lowest BCUT2D eigenvalue weighted by molar-refractivity contribution is 0.431. The quantitative estimate of drug-likeness (QED) is 0.874. The Hall–Kier alpha value is -2.00. The summed E-state index contributed by atoms with van der Waals surface area (Å²) in [6.45, 7) is 3.73. The van der Waals surface area contributed by atoms with Crippen LogP contribution in [0.5, 0.6) is 0 Å². The van der Waals surface area contributed by atoms with E-state index in [1.165, 1.54) is 11.8 Å². The summed E-state index contributed by atoms with van der Waals surface area (Å²) in [6.07, 6.45) is 0. The molecular weight excluding hydrogens is 236 g/mol. The summed E-state index contributed by atoms with van der Waals surface area (Å²) in [5, 5.41) is 9.97. The van der Waals surface area contributed by atoms with Crippen LogP contribution in [0.15, 0.2) is 26.8 Å². The lowest BCUT2D eigenvalue weighted by Crippen LogP contribution is -1.94. The maximum Gasteiger partial charge on any atom is 0.262 e. The second-order valence-electron chi connectivity index (χ2n) is 3.42. The van der Waals surface area contributed by atoms with E-state index in [-0.39, 0.29) is 5.69 Å². The Kier molecular flexibility index (Phi) is 3.02. The van der Waals surface area contributed by atoms with E-state index < -0.39 is 0 Å². The largest absolute Gasteiger partial charge is 0.436 e. The van der Waals surface area contributed by atoms with Crippen LogP contribution in [0.4, 0.5) is 5.69 Å². The number of aryl methyl sites for hydroxylation is 2. The van der Waals surface area contributed by atoms with Crippen LogP contribution in [0.3, 0.4) is 0 Å². The van der Waals surface area contributed by atoms with E-state index in [9.17, 15) is 0 Å². The first-order chi connectivity index (χ1) is 8.10. The van der Waals surface area contributed by atoms with E-state index in [4.69, 9.17) is 15.4 Å². The van der Waals surface area contributed by atoms with Gasteiger partial charge >= 0.3 is 0 Å². The summed E-state index contributed by atoms with van der Waals surface area (Å²) in [4.78, 5) is 8.33. The highest BCUT2D eigenvalue weighted by atomic mass is 32.2. The molecule has 0 radical (unpaired) electrons. The van der Waals surface area contributed by atoms with E-state index in [2.05, 4.69) is 9.97 Å². The number of nitrogen functional groups attached to an aromatic ring is 1. The first kappa shape index (κ1) is 11.5. The van der Waals surface area contributed by atoms with Crippen LogP contribution >= 0.6 is 11.8 Å². The molecule has 2 aromatic rings. The second kappa shape index (κ2) is 4.47. The minimum absolute atomic E-state index is 0.218. The average molecular weight is 246 g/mol. The molecule has 0 aromatic carbocycles. The molecule has 0 aliphatic carbocycles. The van der Waals surface area contributed by atoms with Crippen LogP contribution in [-0.2, 0) is 0 Å². The van der Waals surface area contributed by atoms with Crippen LogP contribution < -0.4 is 5.73 Å². The molecule has 0 saturated heterocycles. The summed E-state index contributed by atoms with van der Waals surface area (Å²) in [5.41, 5.74) is 7.03. The number of rotatable bonds is 2. The molecule has 0 bridgehead atoms. The van der Waals surface area contributed by atoms with E-state index in [0.29, 0.717) is 15.9 Å². The predicted octanol–water partition coefficient (Wildman–Crippen LogP) is 2.29. The third kappa shape index (κ3) is 2.40. The van der Waals surface area contributed by atoms with Gasteiger partial charge in [0, 0.05) is 0 Å². The van der Waals surface area contributed by atoms with Crippen molar-refractivity contribution in [2.45, 2.75) is 24.1 Å². The number of pyridine rings is 1. The standard InChI is InChI=1S/C11H10N4OS/c1-6-7(2)16-11(14-6)17-10-4-3-8(13)9(5-12)15-10/h3-4H,13H2,1-2H3. The van der Waals surface area contributed by atoms with Gasteiger partial charge in [0.05, 0.1) is 11.4 Å². The minimum Gasteiger partial charge on any atom is -0.436 e. The Morgan fingerprint density at radius 3 is 2.71 bits per heavy atom. The highest BCUT2D eigenvalue weighted by Gasteiger charge is 2.09. The molecule has 6 heteroatoms. The molecule has 0 aliphatic heterocycles. The summed E-state index contributed by atoms with van der Waals surface area (Å²) in [5.74, 6) is 0.781. The third-order valence-corrected chi connectivity index (χ3v) is 2.99. The Labute approximate surface area is 103 Å². The van der Waals surface area contributed by atoms with Crippen molar-refractivity contribution in [3.63, 3.8) is 0 Å². The van der Waals surface area contributed by atoms with E-state index in [1.807, 2.05) is 19.9 Å². The monoisotopic (exact) mass is 246 g/mol. The summed E-state index contributed by atoms with van der Waals surface area (Å²) in [7, 11) is 0. The van der Waals surface area contributed by atoms with Gasteiger partial charge in [-0.1, -0.05) is 0 Å². The highest BCUT2D eigenvalue weighted by Crippen LogP contribution is 2.27. The molecule has 0 unspecified atom stereocenters. The molecule has 2 rings (SSSR count). The van der Waals surface area contributed by atoms with Crippen molar-refractivity contribution in [2.24, 2.45) is 0 Å². The van der Waals surface area contributed by atoms with E-state index in [1.54, 1.807) is 12.1 Å². The van der Waals surface area contributed by atoms with Crippen molar-refractivity contribution in [1.29, 1.82) is 5.26 Å². The molecule has 2 N–H and O–H groups in total. The van der Waals surface area contributed by atoms with E-state index >= 15 is 0 Å². The van der Waals surface area contributed by atoms with Crippen LogP contribution in [0.1, 0.15) is 17.1 Å². The summed E-state index contributed by atoms with van der Waals surface area (Å²) in [6, 6.07) is 5.32. The summed E-state index contributed by atoms with van der Waals surface area (Å²) >= 11 is 1.27. The van der Waals surface area contributed by atoms with Gasteiger partial charge in [-0.05, 0) is 37.7 Å². The Morgan fingerprint density at radius 2 is 2.12 bits per heavy atom. The molecule has 86 valence electrons. The predicted molar refractivity (Wildman–Crippen MR) is 63.5 cm³/mol. The van der Waals surface area contributed by atoms with Crippen LogP contribution in [-0.4, -0.2) is 9.97 Å². The topological polar surface area (TPSA) is 88.7 Å². The number of hydrogen-bond donors (Lipinski definition) is 1. The fraction of sp³-hybridized carbons (Fsp3) is 0.182. The van der Waals surface area contributed by atoms with Crippen molar-refractivity contribution in [1.82, 2.24) is 9.97 Å². The lowest BCUT2D eigenvalue weighted by atomic mass is 10.3. The van der Waals surface area contributed by atoms with Gasteiger partial charge in [0.2, 0.25) is 0 Å². The zero-order valence-corrected chi connectivity index (χ0v) is 10.2. The molecule has 2 aromatic heterocycles. The molecule has 0 amide bonds. The lowest BCUT2D eigenvalue weighted by Gasteiger charge is -1.99. The fourth-order valence-electron chi connectivity index (χ4n) is 1.17. The van der Waals surface area contributed by atoms with Crippen LogP contribution in [0.2, 0.25) is 0 Å². The zero-order chi connectivity index (χ0) is 12.4. The molecule has 0 saturated carbocycles. The minimum atomic E-state index is 0.218. The van der Waals surface area contributed by atoms with Gasteiger partial charge in [-0.25, -0.2) is 9.97 Å². The number of nitrogens with two attached hydrogens (primary N) is 1. The maximum absolute atomic E-state index is 8.82. The van der Waals surface area contributed by atoms with Crippen LogP contribution in [0.25, 0.3) is 0 Å². The van der Waals surface area contributed by atoms with Gasteiger partial charge in [0.15, 0.2) is 5.69 Å². The molecule has 0 spiro atoms. The number of aromatic nitrogens is 2. The van der Waals surface area contributed by atoms with Gasteiger partial charge in [-0.2, -0.15) is 5.26 Å². The third-order valence-electron chi connectivity index (χ3n) is 2.21. The Bertz CT molecular complexity index is 581. The SMILES string of the molecule is Cc1nc(Sc2ccc(N)c(C#N)n2)oc1C. The highest BCUT2D eigenvalue weighted by molar-refractivity contribution is 7.99. The summed E-state index contributed by atoms with van der Waals surface area (Å²) < 4.78 is 5.42. The second-order valence-corrected chi connectivity index (χ2v) is 4.39. The Balaban J connectivity index is 2.28. The number of nitrogens with zero attached hydrogens (tertiary/aromatic N) is 3. The Morgan fingerprint density at radius 1 is 1.35 bits per heavy atom. The first-order valence-corrected chi connectivity index (χ1v) is 5.70. The van der Waals surface area contributed by atoms with Gasteiger partial charge in [-0.15, -0.1) is 0 Å². The zero-order valence-electron chi connectivity index (χ0n) is 9.39. The number of anilines is 1. The van der Waals surface area contributed by atoms with Crippen molar-refractivity contribution in [3.05, 3.63) is 29.3 Å². The number of oxazole rings is 1. The van der Waals surface area contributed by atoms with Crippen LogP contribution in [0, 0.1) is 25.2 Å². The molecule has 2 heterocycles. The first-order valence-electron chi connectivity index (χ1n) is 4.88.